The molecule has 0 aliphatic heterocycles. The first-order valence-electron chi connectivity index (χ1n) is 12.6. The molecule has 3 aromatic heterocycles. The van der Waals surface area contributed by atoms with Crippen molar-refractivity contribution >= 4 is 58.8 Å². The van der Waals surface area contributed by atoms with Gasteiger partial charge in [0, 0.05) is 26.2 Å². The van der Waals surface area contributed by atoms with Gasteiger partial charge in [0.15, 0.2) is 0 Å². The summed E-state index contributed by atoms with van der Waals surface area (Å²) in [6, 6.07) is 40.2. The summed E-state index contributed by atoms with van der Waals surface area (Å²) in [6.45, 7) is 0. The molecule has 0 spiro atoms. The van der Waals surface area contributed by atoms with E-state index in [9.17, 15) is 10.5 Å². The Morgan fingerprint density at radius 3 is 2.18 bits per heavy atom. The summed E-state index contributed by atoms with van der Waals surface area (Å²) >= 11 is 3.68. The Morgan fingerprint density at radius 1 is 0.641 bits per heavy atom. The molecule has 0 fully saturated rings. The zero-order valence-corrected chi connectivity index (χ0v) is 22.1. The fourth-order valence-electron chi connectivity index (χ4n) is 5.85. The van der Waals surface area contributed by atoms with E-state index in [1.165, 1.54) is 35.4 Å². The smallest absolute Gasteiger partial charge is 0.138 e. The standard InChI is InChI=1S/C34H17N3S2/c35-18-21(19-36)31-24-11-5-4-10-23(24)27-16-20(14-15-25(27)31)30-17-28-33(39-30)34-32(26-12-6-7-13-29(26)38-34)37(28)22-8-2-1-3-9-22/h1-17H. The van der Waals surface area contributed by atoms with Crippen LogP contribution in [-0.4, -0.2) is 4.57 Å². The van der Waals surface area contributed by atoms with Gasteiger partial charge >= 0.3 is 0 Å². The number of hydrogen-bond acceptors (Lipinski definition) is 4. The molecule has 0 saturated heterocycles. The van der Waals surface area contributed by atoms with E-state index >= 15 is 0 Å². The number of para-hydroxylation sites is 1. The number of rotatable bonds is 2. The van der Waals surface area contributed by atoms with E-state index in [-0.39, 0.29) is 5.57 Å². The van der Waals surface area contributed by atoms with Gasteiger partial charge in [0.1, 0.15) is 17.7 Å². The van der Waals surface area contributed by atoms with Crippen molar-refractivity contribution in [3.05, 3.63) is 120 Å². The van der Waals surface area contributed by atoms with Crippen LogP contribution in [0.1, 0.15) is 11.1 Å². The Labute approximate surface area is 232 Å². The highest BCUT2D eigenvalue weighted by atomic mass is 32.1. The van der Waals surface area contributed by atoms with Gasteiger partial charge in [-0.05, 0) is 58.1 Å². The van der Waals surface area contributed by atoms with E-state index in [1.807, 2.05) is 40.9 Å². The molecule has 39 heavy (non-hydrogen) atoms. The lowest BCUT2D eigenvalue weighted by Gasteiger charge is -2.07. The van der Waals surface area contributed by atoms with E-state index in [0.717, 1.165) is 39.1 Å². The van der Waals surface area contributed by atoms with Gasteiger partial charge in [0.2, 0.25) is 0 Å². The summed E-state index contributed by atoms with van der Waals surface area (Å²) < 4.78 is 6.31. The number of nitriles is 2. The molecule has 0 amide bonds. The van der Waals surface area contributed by atoms with Crippen molar-refractivity contribution in [1.29, 1.82) is 10.5 Å². The van der Waals surface area contributed by atoms with Crippen LogP contribution in [0.4, 0.5) is 0 Å². The second-order valence-electron chi connectivity index (χ2n) is 9.55. The topological polar surface area (TPSA) is 52.5 Å². The summed E-state index contributed by atoms with van der Waals surface area (Å²) in [7, 11) is 0. The molecule has 1 aliphatic carbocycles. The predicted molar refractivity (Wildman–Crippen MR) is 162 cm³/mol. The fourth-order valence-corrected chi connectivity index (χ4v) is 8.32. The Balaban J connectivity index is 1.39. The van der Waals surface area contributed by atoms with Gasteiger partial charge in [-0.1, -0.05) is 72.8 Å². The molecular formula is C34H17N3S2. The van der Waals surface area contributed by atoms with Gasteiger partial charge in [-0.3, -0.25) is 0 Å². The highest BCUT2D eigenvalue weighted by molar-refractivity contribution is 7.32. The van der Waals surface area contributed by atoms with E-state index in [4.69, 9.17) is 0 Å². The molecule has 5 heteroatoms. The maximum absolute atomic E-state index is 9.66. The highest BCUT2D eigenvalue weighted by Gasteiger charge is 2.27. The molecule has 0 unspecified atom stereocenters. The predicted octanol–water partition coefficient (Wildman–Crippen LogP) is 9.56. The zero-order valence-electron chi connectivity index (χ0n) is 20.5. The molecule has 0 saturated carbocycles. The van der Waals surface area contributed by atoms with Crippen molar-refractivity contribution in [2.75, 3.05) is 0 Å². The van der Waals surface area contributed by atoms with Crippen LogP contribution in [0.15, 0.2) is 109 Å². The van der Waals surface area contributed by atoms with Gasteiger partial charge in [-0.25, -0.2) is 0 Å². The first-order valence-corrected chi connectivity index (χ1v) is 14.2. The Kier molecular flexibility index (Phi) is 4.69. The molecule has 8 rings (SSSR count). The highest BCUT2D eigenvalue weighted by Crippen LogP contribution is 2.50. The van der Waals surface area contributed by atoms with E-state index < -0.39 is 0 Å². The maximum Gasteiger partial charge on any atom is 0.138 e. The number of fused-ring (bicyclic) bond motifs is 8. The third kappa shape index (κ3) is 3.06. The number of aromatic nitrogens is 1. The van der Waals surface area contributed by atoms with E-state index in [2.05, 4.69) is 102 Å². The fraction of sp³-hybridized carbons (Fsp3) is 0. The minimum atomic E-state index is 0.153. The normalized spacial score (nSPS) is 12.0. The van der Waals surface area contributed by atoms with Crippen molar-refractivity contribution in [1.82, 2.24) is 4.57 Å². The molecule has 0 atom stereocenters. The van der Waals surface area contributed by atoms with Crippen molar-refractivity contribution in [2.24, 2.45) is 0 Å². The van der Waals surface area contributed by atoms with Crippen molar-refractivity contribution in [2.45, 2.75) is 0 Å². The van der Waals surface area contributed by atoms with Gasteiger partial charge in [-0.15, -0.1) is 22.7 Å². The van der Waals surface area contributed by atoms with Crippen LogP contribution in [0.25, 0.3) is 63.3 Å². The molecule has 7 aromatic rings. The van der Waals surface area contributed by atoms with Crippen LogP contribution in [0, 0.1) is 22.7 Å². The van der Waals surface area contributed by atoms with Gasteiger partial charge in [-0.2, -0.15) is 10.5 Å². The summed E-state index contributed by atoms with van der Waals surface area (Å²) in [5, 5.41) is 20.6. The van der Waals surface area contributed by atoms with Crippen molar-refractivity contribution in [3.8, 4) is 39.4 Å². The molecule has 0 bridgehead atoms. The molecule has 3 nitrogen and oxygen atoms in total. The van der Waals surface area contributed by atoms with E-state index in [0.29, 0.717) is 0 Å². The van der Waals surface area contributed by atoms with Crippen molar-refractivity contribution in [3.63, 3.8) is 0 Å². The van der Waals surface area contributed by atoms with Crippen LogP contribution < -0.4 is 0 Å². The second-order valence-corrected chi connectivity index (χ2v) is 11.7. The van der Waals surface area contributed by atoms with Crippen LogP contribution in [-0.2, 0) is 0 Å². The molecule has 4 aromatic carbocycles. The number of nitrogens with zero attached hydrogens (tertiary/aromatic N) is 3. The van der Waals surface area contributed by atoms with Crippen molar-refractivity contribution < 1.29 is 0 Å². The number of hydrogen-bond donors (Lipinski definition) is 0. The number of allylic oxidation sites excluding steroid dienone is 1. The molecular weight excluding hydrogens is 515 g/mol. The summed E-state index contributed by atoms with van der Waals surface area (Å²) in [5.41, 5.74) is 9.68. The Hall–Kier alpha value is -4.94. The molecule has 3 heterocycles. The average Bonchev–Trinajstić information content (AvgIpc) is 3.72. The summed E-state index contributed by atoms with van der Waals surface area (Å²) in [6.07, 6.45) is 0. The van der Waals surface area contributed by atoms with Crippen LogP contribution >= 0.6 is 22.7 Å². The average molecular weight is 532 g/mol. The third-order valence-corrected chi connectivity index (χ3v) is 10.00. The van der Waals surface area contributed by atoms with Crippen LogP contribution in [0.5, 0.6) is 0 Å². The second kappa shape index (κ2) is 8.28. The van der Waals surface area contributed by atoms with Gasteiger partial charge in [0.25, 0.3) is 0 Å². The maximum atomic E-state index is 9.66. The Morgan fingerprint density at radius 2 is 1.36 bits per heavy atom. The lowest BCUT2D eigenvalue weighted by molar-refractivity contribution is 1.19. The number of thiophene rings is 2. The SMILES string of the molecule is N#CC(C#N)=C1c2ccccc2-c2cc(-c3cc4c(s3)c3sc5ccccc5c3n4-c3ccccc3)ccc21. The minimum Gasteiger partial charge on any atom is -0.307 e. The van der Waals surface area contributed by atoms with Crippen LogP contribution in [0.2, 0.25) is 0 Å². The monoisotopic (exact) mass is 531 g/mol. The zero-order chi connectivity index (χ0) is 26.1. The lowest BCUT2D eigenvalue weighted by Crippen LogP contribution is -1.92. The minimum absolute atomic E-state index is 0.153. The largest absolute Gasteiger partial charge is 0.307 e. The Bertz CT molecular complexity index is 2230. The first kappa shape index (κ1) is 22.1. The van der Waals surface area contributed by atoms with Crippen LogP contribution in [0.3, 0.4) is 0 Å². The van der Waals surface area contributed by atoms with E-state index in [1.54, 1.807) is 0 Å². The lowest BCUT2D eigenvalue weighted by atomic mass is 9.98. The first-order chi connectivity index (χ1) is 19.3. The molecule has 0 N–H and O–H groups in total. The molecule has 1 aliphatic rings. The number of benzene rings is 4. The summed E-state index contributed by atoms with van der Waals surface area (Å²) in [4.78, 5) is 1.20. The molecule has 0 radical (unpaired) electrons. The summed E-state index contributed by atoms with van der Waals surface area (Å²) in [5.74, 6) is 0. The molecule has 180 valence electrons. The quantitative estimate of drug-likeness (QED) is 0.209. The third-order valence-electron chi connectivity index (χ3n) is 7.50. The van der Waals surface area contributed by atoms with Gasteiger partial charge < -0.3 is 4.57 Å². The van der Waals surface area contributed by atoms with Gasteiger partial charge in [0.05, 0.1) is 20.4 Å².